The second-order valence-corrected chi connectivity index (χ2v) is 5.42. The Morgan fingerprint density at radius 3 is 1.60 bits per heavy atom. The molecule has 0 aromatic heterocycles. The summed E-state index contributed by atoms with van der Waals surface area (Å²) in [7, 11) is 0. The van der Waals surface area contributed by atoms with Crippen molar-refractivity contribution in [2.24, 2.45) is 0 Å². The van der Waals surface area contributed by atoms with E-state index >= 15 is 0 Å². The van der Waals surface area contributed by atoms with E-state index in [0.29, 0.717) is 0 Å². The molecule has 0 aliphatic heterocycles. The van der Waals surface area contributed by atoms with E-state index in [0.717, 1.165) is 0 Å². The minimum Gasteiger partial charge on any atom is -1.00 e. The zero-order valence-electron chi connectivity index (χ0n) is 16.2. The van der Waals surface area contributed by atoms with Gasteiger partial charge in [0.2, 0.25) is 0 Å². The Labute approximate surface area is 174 Å². The Kier molecular flexibility index (Phi) is 21.5. The molecule has 0 atom stereocenters. The Morgan fingerprint density at radius 1 is 0.650 bits per heavy atom. The molecule has 0 nitrogen and oxygen atoms in total. The van der Waals surface area contributed by atoms with Crippen molar-refractivity contribution in [3.05, 3.63) is 35.9 Å². The van der Waals surface area contributed by atoms with Gasteiger partial charge in [0.15, 0.2) is 0 Å². The average molecular weight is 294 g/mol. The summed E-state index contributed by atoms with van der Waals surface area (Å²) < 4.78 is 0. The van der Waals surface area contributed by atoms with Crippen LogP contribution in [0.15, 0.2) is 30.3 Å². The van der Waals surface area contributed by atoms with Crippen LogP contribution in [0, 0.1) is 0 Å². The molecule has 1 rings (SSSR count). The van der Waals surface area contributed by atoms with E-state index in [4.69, 9.17) is 0 Å². The van der Waals surface area contributed by atoms with E-state index in [1.54, 1.807) is 0 Å². The van der Waals surface area contributed by atoms with Crippen molar-refractivity contribution in [1.82, 2.24) is 0 Å². The first-order valence-electron chi connectivity index (χ1n) is 7.97. The second kappa shape index (κ2) is 18.3. The normalized spacial score (nSPS) is 9.65. The summed E-state index contributed by atoms with van der Waals surface area (Å²) in [6.07, 6.45) is 15.5. The molecule has 0 saturated heterocycles. The molecule has 0 fully saturated rings. The van der Waals surface area contributed by atoms with Crippen molar-refractivity contribution in [2.45, 2.75) is 77.6 Å². The van der Waals surface area contributed by atoms with Crippen LogP contribution >= 0.6 is 0 Å². The van der Waals surface area contributed by atoms with Crippen LogP contribution in [0.5, 0.6) is 0 Å². The van der Waals surface area contributed by atoms with Gasteiger partial charge in [0, 0.05) is 0 Å². The summed E-state index contributed by atoms with van der Waals surface area (Å²) in [5, 5.41) is 0. The summed E-state index contributed by atoms with van der Waals surface area (Å²) in [5.41, 5.74) is 1.50. The molecule has 0 amide bonds. The average Bonchev–Trinajstić information content (AvgIpc) is 2.42. The molecule has 1 aromatic rings. The molecule has 0 aliphatic carbocycles. The van der Waals surface area contributed by atoms with Gasteiger partial charge in [-0.15, -0.1) is 0 Å². The van der Waals surface area contributed by atoms with Gasteiger partial charge in [0.05, 0.1) is 0 Å². The number of unbranched alkanes of at least 4 members (excludes halogenated alkanes) is 9. The van der Waals surface area contributed by atoms with Gasteiger partial charge in [-0.2, -0.15) is 0 Å². The number of aryl methyl sites for hydroxylation is 1. The van der Waals surface area contributed by atoms with Crippen LogP contribution in [0.1, 0.15) is 79.5 Å². The van der Waals surface area contributed by atoms with Crippen LogP contribution < -0.4 is 59.1 Å². The Hall–Kier alpha value is 1.22. The molecule has 0 N–H and O–H groups in total. The summed E-state index contributed by atoms with van der Waals surface area (Å²) in [6, 6.07) is 10.9. The zero-order valence-corrected chi connectivity index (χ0v) is 18.2. The van der Waals surface area contributed by atoms with Crippen LogP contribution in [-0.4, -0.2) is 0 Å². The second-order valence-electron chi connectivity index (χ2n) is 5.42. The van der Waals surface area contributed by atoms with Gasteiger partial charge in [-0.05, 0) is 18.4 Å². The molecule has 0 heterocycles. The summed E-state index contributed by atoms with van der Waals surface area (Å²) in [6.45, 7) is 2.28. The third-order valence-corrected chi connectivity index (χ3v) is 3.66. The molecule has 2 heteroatoms. The van der Waals surface area contributed by atoms with E-state index in [-0.39, 0.29) is 62.0 Å². The van der Waals surface area contributed by atoms with Crippen LogP contribution in [0.3, 0.4) is 0 Å². The van der Waals surface area contributed by atoms with Gasteiger partial charge < -0.3 is 2.85 Å². The third-order valence-electron chi connectivity index (χ3n) is 3.66. The molecule has 0 spiro atoms. The molecule has 106 valence electrons. The molecule has 20 heavy (non-hydrogen) atoms. The number of hydrogen-bond acceptors (Lipinski definition) is 0. The molecule has 0 unspecified atom stereocenters. The van der Waals surface area contributed by atoms with Gasteiger partial charge >= 0.3 is 59.1 Å². The zero-order chi connectivity index (χ0) is 12.9. The third kappa shape index (κ3) is 14.2. The van der Waals surface area contributed by atoms with Gasteiger partial charge in [-0.3, -0.25) is 0 Å². The fourth-order valence-corrected chi connectivity index (χ4v) is 2.46. The smallest absolute Gasteiger partial charge is 1.00 e. The summed E-state index contributed by atoms with van der Waals surface area (Å²) in [5.74, 6) is 0. The van der Waals surface area contributed by atoms with Crippen LogP contribution in [0.4, 0.5) is 0 Å². The summed E-state index contributed by atoms with van der Waals surface area (Å²) >= 11 is 0. The van der Waals surface area contributed by atoms with Crippen molar-refractivity contribution >= 4 is 0 Å². The maximum atomic E-state index is 2.28. The van der Waals surface area contributed by atoms with E-state index in [9.17, 15) is 0 Å². The van der Waals surface area contributed by atoms with E-state index < -0.39 is 0 Å². The molecule has 0 bridgehead atoms. The quantitative estimate of drug-likeness (QED) is 0.409. The largest absolute Gasteiger partial charge is 1.00 e. The van der Waals surface area contributed by atoms with Gasteiger partial charge in [0.25, 0.3) is 0 Å². The molecular formula is C18H32Na2. The maximum Gasteiger partial charge on any atom is 1.00 e. The maximum absolute atomic E-state index is 2.28. The first-order chi connectivity index (χ1) is 8.93. The van der Waals surface area contributed by atoms with Crippen molar-refractivity contribution in [2.75, 3.05) is 0 Å². The van der Waals surface area contributed by atoms with Gasteiger partial charge in [0.1, 0.15) is 0 Å². The van der Waals surface area contributed by atoms with Crippen molar-refractivity contribution in [3.8, 4) is 0 Å². The fourth-order valence-electron chi connectivity index (χ4n) is 2.46. The summed E-state index contributed by atoms with van der Waals surface area (Å²) in [4.78, 5) is 0. The molecule has 0 saturated carbocycles. The minimum atomic E-state index is 0. The van der Waals surface area contributed by atoms with Gasteiger partial charge in [-0.1, -0.05) is 95.0 Å². The first-order valence-corrected chi connectivity index (χ1v) is 7.97. The number of benzene rings is 1. The number of rotatable bonds is 11. The monoisotopic (exact) mass is 294 g/mol. The minimum absolute atomic E-state index is 0. The van der Waals surface area contributed by atoms with Gasteiger partial charge in [-0.25, -0.2) is 0 Å². The van der Waals surface area contributed by atoms with E-state index in [1.807, 2.05) is 0 Å². The van der Waals surface area contributed by atoms with Crippen molar-refractivity contribution in [3.63, 3.8) is 0 Å². The topological polar surface area (TPSA) is 0 Å². The van der Waals surface area contributed by atoms with Crippen molar-refractivity contribution < 1.29 is 62.0 Å². The van der Waals surface area contributed by atoms with Crippen molar-refractivity contribution in [1.29, 1.82) is 0 Å². The van der Waals surface area contributed by atoms with E-state index in [2.05, 4.69) is 37.3 Å². The van der Waals surface area contributed by atoms with E-state index in [1.165, 1.54) is 76.2 Å². The standard InChI is InChI=1S/C18H30.2Na.2H/c1-2-3-4-5-6-7-8-9-10-12-15-18-16-13-11-14-17-18;;;;/h11,13-14,16-17H,2-10,12,15H2,1H3;;;;/q;2*+1;2*-1. The molecule has 0 aliphatic rings. The molecule has 1 aromatic carbocycles. The SMILES string of the molecule is CCCCCCCCCCCCc1ccccc1.[H-].[H-].[Na+].[Na+]. The fraction of sp³-hybridized carbons (Fsp3) is 0.667. The Morgan fingerprint density at radius 2 is 1.10 bits per heavy atom. The number of hydrogen-bond donors (Lipinski definition) is 0. The predicted molar refractivity (Wildman–Crippen MR) is 84.2 cm³/mol. The predicted octanol–water partition coefficient (Wildman–Crippen LogP) is 0.383. The Balaban J connectivity index is -0.000000405. The van der Waals surface area contributed by atoms with Crippen LogP contribution in [-0.2, 0) is 6.42 Å². The Bertz CT molecular complexity index is 282. The first kappa shape index (κ1) is 23.5. The molecule has 0 radical (unpaired) electrons. The van der Waals surface area contributed by atoms with Crippen LogP contribution in [0.2, 0.25) is 0 Å². The van der Waals surface area contributed by atoms with Crippen LogP contribution in [0.25, 0.3) is 0 Å². The molecular weight excluding hydrogens is 262 g/mol.